The van der Waals surface area contributed by atoms with Gasteiger partial charge in [-0.1, -0.05) is 23.7 Å². The Kier molecular flexibility index (Phi) is 7.41. The van der Waals surface area contributed by atoms with Crippen molar-refractivity contribution < 1.29 is 41.9 Å². The van der Waals surface area contributed by atoms with Crippen molar-refractivity contribution in [2.24, 2.45) is 0 Å². The highest BCUT2D eigenvalue weighted by Crippen LogP contribution is 2.63. The van der Waals surface area contributed by atoms with Gasteiger partial charge in [0.05, 0.1) is 0 Å². The van der Waals surface area contributed by atoms with Crippen molar-refractivity contribution in [3.8, 4) is 0 Å². The van der Waals surface area contributed by atoms with Crippen LogP contribution >= 0.6 is 19.8 Å². The zero-order chi connectivity index (χ0) is 25.4. The summed E-state index contributed by atoms with van der Waals surface area (Å²) in [4.78, 5) is 48.1. The van der Waals surface area contributed by atoms with Gasteiger partial charge in [-0.05, 0) is 19.1 Å². The fourth-order valence-electron chi connectivity index (χ4n) is 3.71. The Hall–Kier alpha value is -2.22. The maximum Gasteiger partial charge on any atom is 0.578 e. The number of nitrogens with zero attached hydrogens (tertiary/aromatic N) is 1. The van der Waals surface area contributed by atoms with E-state index in [1.54, 1.807) is 24.3 Å². The van der Waals surface area contributed by atoms with Crippen molar-refractivity contribution >= 4 is 25.7 Å². The second-order valence-corrected chi connectivity index (χ2v) is 10.00. The van der Waals surface area contributed by atoms with Gasteiger partial charge < -0.3 is 14.2 Å². The zero-order valence-corrected chi connectivity index (χ0v) is 20.1. The van der Waals surface area contributed by atoms with Gasteiger partial charge >= 0.3 is 19.8 Å². The summed E-state index contributed by atoms with van der Waals surface area (Å²) in [5.74, 6) is -0.810. The molecule has 0 bridgehead atoms. The maximum atomic E-state index is 15.8. The summed E-state index contributed by atoms with van der Waals surface area (Å²) >= 11 is 5.99. The Labute approximate surface area is 203 Å². The van der Waals surface area contributed by atoms with Gasteiger partial charge in [0.2, 0.25) is 13.1 Å². The monoisotopic (exact) mass is 535 g/mol. The Balaban J connectivity index is 1.53. The second kappa shape index (κ2) is 10.0. The molecule has 2 aliphatic rings. The average molecular weight is 536 g/mol. The average Bonchev–Trinajstić information content (AvgIpc) is 3.02. The number of rotatable bonds is 6. The number of carbonyl (C=O) groups is 1. The van der Waals surface area contributed by atoms with Gasteiger partial charge in [0, 0.05) is 29.8 Å². The fourth-order valence-corrected chi connectivity index (χ4v) is 5.06. The molecule has 6 atom stereocenters. The molecule has 2 saturated heterocycles. The van der Waals surface area contributed by atoms with Crippen LogP contribution in [0.1, 0.15) is 31.9 Å². The van der Waals surface area contributed by atoms with Gasteiger partial charge in [0.25, 0.3) is 5.56 Å². The van der Waals surface area contributed by atoms with E-state index < -0.39 is 62.4 Å². The van der Waals surface area contributed by atoms with Crippen LogP contribution in [0, 0.1) is 0 Å². The predicted octanol–water partition coefficient (Wildman–Crippen LogP) is 2.15. The standard InChI is InChI=1S/C20H21ClFN2O10P/c1-11(25)32-16-14(33-18(20(16,2)22)24-7-6-15(26)23-19(24)27)9-30-35(28)31-10-29-17(34-35)12-4-3-5-13(21)8-12/h3-8,14,16-18,28H,9-10H2,1-2H3/p+1. The molecular weight excluding hydrogens is 514 g/mol. The Morgan fingerprint density at radius 2 is 2.17 bits per heavy atom. The van der Waals surface area contributed by atoms with Crippen LogP contribution in [0.15, 0.2) is 46.1 Å². The molecule has 2 aliphatic heterocycles. The van der Waals surface area contributed by atoms with Crippen LogP contribution in [-0.2, 0) is 32.6 Å². The van der Waals surface area contributed by atoms with Crippen LogP contribution in [0.5, 0.6) is 0 Å². The van der Waals surface area contributed by atoms with Crippen LogP contribution < -0.4 is 11.2 Å². The third-order valence-corrected chi connectivity index (χ3v) is 6.86. The van der Waals surface area contributed by atoms with Gasteiger partial charge in [-0.2, -0.15) is 9.42 Å². The topological polar surface area (TPSA) is 148 Å². The van der Waals surface area contributed by atoms with Crippen LogP contribution in [0.3, 0.4) is 0 Å². The highest BCUT2D eigenvalue weighted by atomic mass is 35.5. The number of benzene rings is 1. The van der Waals surface area contributed by atoms with Gasteiger partial charge in [0.1, 0.15) is 12.7 Å². The molecule has 15 heteroatoms. The van der Waals surface area contributed by atoms with E-state index in [2.05, 4.69) is 0 Å². The van der Waals surface area contributed by atoms with E-state index in [-0.39, 0.29) is 6.79 Å². The molecule has 35 heavy (non-hydrogen) atoms. The minimum atomic E-state index is -3.99. The summed E-state index contributed by atoms with van der Waals surface area (Å²) in [6.45, 7) is 1.23. The van der Waals surface area contributed by atoms with Crippen LogP contribution in [-0.4, -0.2) is 51.7 Å². The molecule has 6 unspecified atom stereocenters. The van der Waals surface area contributed by atoms with E-state index in [1.165, 1.54) is 0 Å². The Bertz CT molecular complexity index is 1210. The number of hydrogen-bond acceptors (Lipinski definition) is 10. The number of hydrogen-bond donors (Lipinski definition) is 2. The second-order valence-electron chi connectivity index (χ2n) is 7.90. The summed E-state index contributed by atoms with van der Waals surface area (Å²) in [6, 6.07) is 7.55. The first-order valence-corrected chi connectivity index (χ1v) is 12.2. The lowest BCUT2D eigenvalue weighted by molar-refractivity contribution is -0.200. The number of H-pyrrole nitrogens is 1. The van der Waals surface area contributed by atoms with Gasteiger partial charge in [-0.25, -0.2) is 9.18 Å². The van der Waals surface area contributed by atoms with Crippen LogP contribution in [0.25, 0.3) is 0 Å². The minimum absolute atomic E-state index is 0.378. The molecule has 3 heterocycles. The normalized spacial score (nSPS) is 32.9. The molecular formula is C20H22ClFN2O10P+. The molecule has 0 saturated carbocycles. The first kappa shape index (κ1) is 25.9. The molecule has 2 N–H and O–H groups in total. The minimum Gasteiger partial charge on any atom is -0.456 e. The molecule has 2 aromatic rings. The van der Waals surface area contributed by atoms with E-state index in [0.717, 1.165) is 30.7 Å². The highest BCUT2D eigenvalue weighted by molar-refractivity contribution is 7.55. The first-order valence-electron chi connectivity index (χ1n) is 10.3. The molecule has 2 fully saturated rings. The largest absolute Gasteiger partial charge is 0.578 e. The van der Waals surface area contributed by atoms with Crippen molar-refractivity contribution in [2.75, 3.05) is 13.4 Å². The van der Waals surface area contributed by atoms with Crippen molar-refractivity contribution in [3.63, 3.8) is 0 Å². The predicted molar refractivity (Wildman–Crippen MR) is 118 cm³/mol. The molecule has 0 aliphatic carbocycles. The maximum absolute atomic E-state index is 15.8. The highest BCUT2D eigenvalue weighted by Gasteiger charge is 2.60. The van der Waals surface area contributed by atoms with Crippen molar-refractivity contribution in [1.29, 1.82) is 0 Å². The van der Waals surface area contributed by atoms with Crippen LogP contribution in [0.4, 0.5) is 4.39 Å². The lowest BCUT2D eigenvalue weighted by Gasteiger charge is -2.28. The number of halogens is 2. The molecule has 12 nitrogen and oxygen atoms in total. The fraction of sp³-hybridized carbons (Fsp3) is 0.450. The van der Waals surface area contributed by atoms with Crippen molar-refractivity contribution in [1.82, 2.24) is 9.55 Å². The van der Waals surface area contributed by atoms with Gasteiger partial charge in [0.15, 0.2) is 18.0 Å². The molecule has 0 radical (unpaired) electrons. The van der Waals surface area contributed by atoms with E-state index >= 15 is 4.39 Å². The molecule has 4 rings (SSSR count). The molecule has 0 amide bonds. The number of ether oxygens (including phenoxy) is 3. The number of esters is 1. The Morgan fingerprint density at radius 3 is 2.86 bits per heavy atom. The molecule has 1 aromatic heterocycles. The number of aromatic nitrogens is 2. The number of nitrogens with one attached hydrogen (secondary N) is 1. The molecule has 190 valence electrons. The number of carbonyl (C=O) groups excluding carboxylic acids is 1. The van der Waals surface area contributed by atoms with Crippen LogP contribution in [0.2, 0.25) is 5.02 Å². The molecule has 1 aromatic carbocycles. The number of aromatic amines is 1. The quantitative estimate of drug-likeness (QED) is 0.416. The van der Waals surface area contributed by atoms with Gasteiger partial charge in [-0.3, -0.25) is 19.1 Å². The summed E-state index contributed by atoms with van der Waals surface area (Å²) in [7, 11) is -3.99. The first-order chi connectivity index (χ1) is 16.5. The molecule has 0 spiro atoms. The summed E-state index contributed by atoms with van der Waals surface area (Å²) in [6.07, 6.45) is -4.43. The van der Waals surface area contributed by atoms with E-state index in [9.17, 15) is 19.3 Å². The smallest absolute Gasteiger partial charge is 0.456 e. The zero-order valence-electron chi connectivity index (χ0n) is 18.5. The summed E-state index contributed by atoms with van der Waals surface area (Å²) in [5, 5.41) is 0.415. The van der Waals surface area contributed by atoms with Crippen molar-refractivity contribution in [2.45, 2.75) is 44.2 Å². The summed E-state index contributed by atoms with van der Waals surface area (Å²) in [5.41, 5.74) is -3.55. The lowest BCUT2D eigenvalue weighted by Crippen LogP contribution is -2.45. The number of alkyl halides is 1. The lowest BCUT2D eigenvalue weighted by atomic mass is 9.98. The third-order valence-electron chi connectivity index (χ3n) is 5.26. The van der Waals surface area contributed by atoms with E-state index in [1.807, 2.05) is 4.98 Å². The SMILES string of the molecule is CC(=O)OC1C(CO[P+]2(O)OCOC(c3cccc(Cl)c3)O2)OC(n2ccc(=O)[nH]c2=O)C1(C)F. The summed E-state index contributed by atoms with van der Waals surface area (Å²) < 4.78 is 48.9. The Morgan fingerprint density at radius 1 is 1.40 bits per heavy atom. The van der Waals surface area contributed by atoms with Gasteiger partial charge in [-0.15, -0.1) is 9.05 Å². The van der Waals surface area contributed by atoms with Crippen molar-refractivity contribution in [3.05, 3.63) is 68.0 Å². The third kappa shape index (κ3) is 5.63. The van der Waals surface area contributed by atoms with E-state index in [0.29, 0.717) is 10.6 Å². The van der Waals surface area contributed by atoms with E-state index in [4.69, 9.17) is 39.4 Å².